The Morgan fingerprint density at radius 1 is 1.44 bits per heavy atom. The van der Waals surface area contributed by atoms with Gasteiger partial charge in [0.05, 0.1) is 0 Å². The van der Waals surface area contributed by atoms with Gasteiger partial charge in [-0.05, 0) is 24.0 Å². The Labute approximate surface area is 107 Å². The molecule has 2 aliphatic heterocycles. The maximum atomic E-state index is 4.63. The third-order valence-electron chi connectivity index (χ3n) is 3.01. The second-order valence-corrected chi connectivity index (χ2v) is 7.82. The molecule has 4 heteroatoms. The molecule has 16 heavy (non-hydrogen) atoms. The number of hydrogen-bond donors (Lipinski definition) is 1. The lowest BCUT2D eigenvalue weighted by Crippen LogP contribution is -2.35. The number of hydrogen-bond acceptors (Lipinski definition) is 4. The minimum absolute atomic E-state index is 0.384. The Bertz CT molecular complexity index is 258. The zero-order valence-electron chi connectivity index (χ0n) is 10.3. The van der Waals surface area contributed by atoms with E-state index in [-0.39, 0.29) is 0 Å². The minimum Gasteiger partial charge on any atom is -0.364 e. The summed E-state index contributed by atoms with van der Waals surface area (Å²) in [7, 11) is 0. The number of amidine groups is 1. The van der Waals surface area contributed by atoms with E-state index in [4.69, 9.17) is 0 Å². The fraction of sp³-hybridized carbons (Fsp3) is 0.917. The first kappa shape index (κ1) is 12.6. The highest BCUT2D eigenvalue weighted by Crippen LogP contribution is 2.28. The molecule has 2 heterocycles. The monoisotopic (exact) mass is 258 g/mol. The first-order valence-corrected chi connectivity index (χ1v) is 8.22. The molecule has 2 aliphatic rings. The van der Waals surface area contributed by atoms with E-state index in [1.807, 2.05) is 11.8 Å². The Morgan fingerprint density at radius 3 is 2.94 bits per heavy atom. The van der Waals surface area contributed by atoms with Crippen LogP contribution in [0.15, 0.2) is 4.99 Å². The van der Waals surface area contributed by atoms with E-state index in [0.717, 1.165) is 18.3 Å². The standard InChI is InChI=1S/C12H22N2S2/c1-12(2)8-14-11(16-9-12)13-7-10-5-3-4-6-15-10/h10H,3-9H2,1-2H3,(H,13,14). The average Bonchev–Trinajstić information content (AvgIpc) is 2.29. The summed E-state index contributed by atoms with van der Waals surface area (Å²) in [6.07, 6.45) is 4.19. The van der Waals surface area contributed by atoms with Gasteiger partial charge in [0, 0.05) is 24.1 Å². The number of aliphatic imine (C=N–C) groups is 1. The van der Waals surface area contributed by atoms with Crippen LogP contribution in [0.2, 0.25) is 0 Å². The van der Waals surface area contributed by atoms with Crippen LogP contribution in [0.5, 0.6) is 0 Å². The zero-order valence-corrected chi connectivity index (χ0v) is 11.9. The summed E-state index contributed by atoms with van der Waals surface area (Å²) in [6, 6.07) is 0. The summed E-state index contributed by atoms with van der Waals surface area (Å²) in [4.78, 5) is 4.63. The summed E-state index contributed by atoms with van der Waals surface area (Å²) in [5.74, 6) is 2.54. The normalized spacial score (nSPS) is 29.6. The van der Waals surface area contributed by atoms with Gasteiger partial charge in [0.1, 0.15) is 0 Å². The molecule has 1 saturated heterocycles. The topological polar surface area (TPSA) is 24.4 Å². The lowest BCUT2D eigenvalue weighted by molar-refractivity contribution is 0.436. The summed E-state index contributed by atoms with van der Waals surface area (Å²) in [5, 5.41) is 5.50. The number of nitrogens with one attached hydrogen (secondary N) is 1. The van der Waals surface area contributed by atoms with Crippen molar-refractivity contribution in [2.45, 2.75) is 38.4 Å². The van der Waals surface area contributed by atoms with Crippen LogP contribution >= 0.6 is 23.5 Å². The fourth-order valence-corrected chi connectivity index (χ4v) is 4.12. The van der Waals surface area contributed by atoms with Gasteiger partial charge in [0.15, 0.2) is 5.17 Å². The smallest absolute Gasteiger partial charge is 0.156 e. The molecule has 0 amide bonds. The average molecular weight is 258 g/mol. The molecular weight excluding hydrogens is 236 g/mol. The molecule has 2 nitrogen and oxygen atoms in total. The number of nitrogens with zero attached hydrogens (tertiary/aromatic N) is 1. The van der Waals surface area contributed by atoms with E-state index >= 15 is 0 Å². The molecular formula is C12H22N2S2. The molecule has 0 aliphatic carbocycles. The molecule has 0 spiro atoms. The molecule has 1 atom stereocenters. The molecule has 0 radical (unpaired) electrons. The predicted molar refractivity (Wildman–Crippen MR) is 76.6 cm³/mol. The molecule has 0 aromatic heterocycles. The van der Waals surface area contributed by atoms with Crippen molar-refractivity contribution >= 4 is 28.7 Å². The van der Waals surface area contributed by atoms with Crippen molar-refractivity contribution in [1.29, 1.82) is 0 Å². The summed E-state index contributed by atoms with van der Waals surface area (Å²) >= 11 is 4.01. The highest BCUT2D eigenvalue weighted by atomic mass is 32.2. The third-order valence-corrected chi connectivity index (χ3v) is 5.88. The molecule has 92 valence electrons. The van der Waals surface area contributed by atoms with Crippen molar-refractivity contribution in [3.05, 3.63) is 0 Å². The Morgan fingerprint density at radius 2 is 2.31 bits per heavy atom. The Balaban J connectivity index is 1.72. The van der Waals surface area contributed by atoms with E-state index in [1.54, 1.807) is 0 Å². The van der Waals surface area contributed by atoms with Crippen LogP contribution in [0, 0.1) is 5.41 Å². The number of rotatable bonds is 2. The first-order chi connectivity index (χ1) is 7.66. The van der Waals surface area contributed by atoms with E-state index in [2.05, 4.69) is 35.9 Å². The van der Waals surface area contributed by atoms with Crippen LogP contribution < -0.4 is 5.32 Å². The van der Waals surface area contributed by atoms with Crippen LogP contribution in [-0.2, 0) is 0 Å². The molecule has 0 aromatic carbocycles. The fourth-order valence-electron chi connectivity index (χ4n) is 1.92. The van der Waals surface area contributed by atoms with Crippen molar-refractivity contribution in [3.63, 3.8) is 0 Å². The molecule has 0 aromatic rings. The highest BCUT2D eigenvalue weighted by Gasteiger charge is 2.23. The molecule has 0 bridgehead atoms. The molecule has 2 rings (SSSR count). The van der Waals surface area contributed by atoms with Crippen LogP contribution in [0.1, 0.15) is 33.1 Å². The predicted octanol–water partition coefficient (Wildman–Crippen LogP) is 2.99. The number of thioether (sulfide) groups is 2. The third kappa shape index (κ3) is 3.88. The maximum absolute atomic E-state index is 4.63. The van der Waals surface area contributed by atoms with Crippen LogP contribution in [0.3, 0.4) is 0 Å². The van der Waals surface area contributed by atoms with Gasteiger partial charge in [-0.3, -0.25) is 4.99 Å². The van der Waals surface area contributed by atoms with Gasteiger partial charge < -0.3 is 5.32 Å². The van der Waals surface area contributed by atoms with Gasteiger partial charge in [-0.25, -0.2) is 0 Å². The van der Waals surface area contributed by atoms with Gasteiger partial charge in [-0.15, -0.1) is 0 Å². The first-order valence-electron chi connectivity index (χ1n) is 6.18. The van der Waals surface area contributed by atoms with Crippen molar-refractivity contribution < 1.29 is 0 Å². The van der Waals surface area contributed by atoms with Crippen LogP contribution in [-0.4, -0.2) is 35.0 Å². The Hall–Kier alpha value is 0.170. The van der Waals surface area contributed by atoms with Gasteiger partial charge >= 0.3 is 0 Å². The zero-order chi connectivity index (χ0) is 11.4. The van der Waals surface area contributed by atoms with Gasteiger partial charge in [0.2, 0.25) is 0 Å². The van der Waals surface area contributed by atoms with Gasteiger partial charge in [-0.1, -0.05) is 32.0 Å². The van der Waals surface area contributed by atoms with E-state index in [0.29, 0.717) is 5.41 Å². The van der Waals surface area contributed by atoms with Crippen molar-refractivity contribution in [2.75, 3.05) is 24.6 Å². The molecule has 1 N–H and O–H groups in total. The van der Waals surface area contributed by atoms with E-state index in [9.17, 15) is 0 Å². The van der Waals surface area contributed by atoms with Crippen LogP contribution in [0.4, 0.5) is 0 Å². The lowest BCUT2D eigenvalue weighted by Gasteiger charge is -2.28. The van der Waals surface area contributed by atoms with Crippen molar-refractivity contribution in [2.24, 2.45) is 10.4 Å². The quantitative estimate of drug-likeness (QED) is 0.824. The minimum atomic E-state index is 0.384. The van der Waals surface area contributed by atoms with E-state index < -0.39 is 0 Å². The molecule has 1 fully saturated rings. The lowest BCUT2D eigenvalue weighted by atomic mass is 9.97. The van der Waals surface area contributed by atoms with Crippen molar-refractivity contribution in [1.82, 2.24) is 5.32 Å². The largest absolute Gasteiger partial charge is 0.364 e. The second kappa shape index (κ2) is 5.67. The van der Waals surface area contributed by atoms with Crippen LogP contribution in [0.25, 0.3) is 0 Å². The van der Waals surface area contributed by atoms with Gasteiger partial charge in [-0.2, -0.15) is 11.8 Å². The summed E-state index contributed by atoms with van der Waals surface area (Å²) in [5.41, 5.74) is 0.384. The molecule has 0 saturated carbocycles. The second-order valence-electron chi connectivity index (χ2n) is 5.44. The Kier molecular flexibility index (Phi) is 4.48. The van der Waals surface area contributed by atoms with Crippen molar-refractivity contribution in [3.8, 4) is 0 Å². The maximum Gasteiger partial charge on any atom is 0.156 e. The summed E-state index contributed by atoms with van der Waals surface area (Å²) in [6.45, 7) is 6.66. The van der Waals surface area contributed by atoms with Gasteiger partial charge in [0.25, 0.3) is 0 Å². The highest BCUT2D eigenvalue weighted by molar-refractivity contribution is 8.13. The van der Waals surface area contributed by atoms with E-state index in [1.165, 1.54) is 35.9 Å². The summed E-state index contributed by atoms with van der Waals surface area (Å²) < 4.78 is 0. The SMILES string of the molecule is CC1(C)CN=C(NCC2CCCCS2)SC1. The molecule has 1 unspecified atom stereocenters.